The molecule has 0 aromatic heterocycles. The largest absolute Gasteiger partial charge is 0.371 e. The highest BCUT2D eigenvalue weighted by Crippen LogP contribution is 2.25. The van der Waals surface area contributed by atoms with Crippen molar-refractivity contribution in [2.75, 3.05) is 29.1 Å². The van der Waals surface area contributed by atoms with Crippen LogP contribution in [0.1, 0.15) is 13.3 Å². The fraction of sp³-hybridized carbons (Fsp3) is 0.316. The Balaban J connectivity index is 1.50. The third-order valence-corrected chi connectivity index (χ3v) is 5.14. The van der Waals surface area contributed by atoms with Gasteiger partial charge in [-0.05, 0) is 60.9 Å². The Bertz CT molecular complexity index is 688. The molecule has 1 N–H and O–H groups in total. The minimum atomic E-state index is -0.267. The first kappa shape index (κ1) is 16.8. The summed E-state index contributed by atoms with van der Waals surface area (Å²) in [4.78, 5) is 15.3. The quantitative estimate of drug-likeness (QED) is 0.816. The van der Waals surface area contributed by atoms with Crippen LogP contribution in [0, 0.1) is 11.7 Å². The normalized spacial score (nSPS) is 17.1. The average molecular weight is 344 g/mol. The minimum absolute atomic E-state index is 0.0631. The zero-order chi connectivity index (χ0) is 16.9. The van der Waals surface area contributed by atoms with E-state index < -0.39 is 0 Å². The van der Waals surface area contributed by atoms with Crippen LogP contribution < -0.4 is 10.2 Å². The van der Waals surface area contributed by atoms with Crippen molar-refractivity contribution in [3.05, 3.63) is 54.3 Å². The van der Waals surface area contributed by atoms with Crippen molar-refractivity contribution >= 4 is 29.0 Å². The Labute approximate surface area is 146 Å². The van der Waals surface area contributed by atoms with Gasteiger partial charge < -0.3 is 10.2 Å². The molecule has 1 atom stereocenters. The summed E-state index contributed by atoms with van der Waals surface area (Å²) in [5.41, 5.74) is 2.01. The summed E-state index contributed by atoms with van der Waals surface area (Å²) >= 11 is 1.39. The number of hydrogen-bond acceptors (Lipinski definition) is 3. The maximum Gasteiger partial charge on any atom is 0.234 e. The van der Waals surface area contributed by atoms with Gasteiger partial charge in [-0.2, -0.15) is 0 Å². The summed E-state index contributed by atoms with van der Waals surface area (Å²) < 4.78 is 12.8. The highest BCUT2D eigenvalue weighted by Gasteiger charge is 2.18. The molecule has 1 fully saturated rings. The van der Waals surface area contributed by atoms with Crippen molar-refractivity contribution in [3.63, 3.8) is 0 Å². The maximum atomic E-state index is 12.8. The van der Waals surface area contributed by atoms with Crippen molar-refractivity contribution < 1.29 is 9.18 Å². The number of halogens is 1. The summed E-state index contributed by atoms with van der Waals surface area (Å²) in [5, 5.41) is 2.90. The van der Waals surface area contributed by atoms with Crippen molar-refractivity contribution in [2.45, 2.75) is 18.2 Å². The molecule has 0 spiro atoms. The Kier molecular flexibility index (Phi) is 5.41. The Hall–Kier alpha value is -2.01. The Morgan fingerprint density at radius 3 is 2.54 bits per heavy atom. The molecule has 1 amide bonds. The predicted molar refractivity (Wildman–Crippen MR) is 98.2 cm³/mol. The van der Waals surface area contributed by atoms with Gasteiger partial charge in [-0.15, -0.1) is 11.8 Å². The lowest BCUT2D eigenvalue weighted by atomic mass is 10.2. The van der Waals surface area contributed by atoms with Crippen LogP contribution in [0.2, 0.25) is 0 Å². The third kappa shape index (κ3) is 4.51. The fourth-order valence-corrected chi connectivity index (χ4v) is 3.50. The molecule has 1 saturated heterocycles. The molecular weight excluding hydrogens is 323 g/mol. The second-order valence-electron chi connectivity index (χ2n) is 6.18. The van der Waals surface area contributed by atoms with Crippen LogP contribution >= 0.6 is 11.8 Å². The first-order valence-corrected chi connectivity index (χ1v) is 9.12. The standard InChI is InChI=1S/C19H21FN2OS/c1-14-10-11-22(12-14)17-6-4-16(5-7-17)21-19(23)13-24-18-8-2-15(20)3-9-18/h2-9,14H,10-13H2,1H3,(H,21,23). The SMILES string of the molecule is CC1CCN(c2ccc(NC(=O)CSc3ccc(F)cc3)cc2)C1. The molecular formula is C19H21FN2OS. The minimum Gasteiger partial charge on any atom is -0.371 e. The van der Waals surface area contributed by atoms with Crippen molar-refractivity contribution in [1.82, 2.24) is 0 Å². The van der Waals surface area contributed by atoms with E-state index in [1.807, 2.05) is 12.1 Å². The number of nitrogens with zero attached hydrogens (tertiary/aromatic N) is 1. The summed E-state index contributed by atoms with van der Waals surface area (Å²) in [6.45, 7) is 4.47. The van der Waals surface area contributed by atoms with E-state index in [4.69, 9.17) is 0 Å². The van der Waals surface area contributed by atoms with Gasteiger partial charge in [0, 0.05) is 29.4 Å². The molecule has 2 aromatic carbocycles. The first-order chi connectivity index (χ1) is 11.6. The Morgan fingerprint density at radius 2 is 1.92 bits per heavy atom. The van der Waals surface area contributed by atoms with Crippen LogP contribution in [0.25, 0.3) is 0 Å². The predicted octanol–water partition coefficient (Wildman–Crippen LogP) is 4.40. The number of rotatable bonds is 5. The number of carbonyl (C=O) groups is 1. The van der Waals surface area contributed by atoms with Crippen molar-refractivity contribution in [3.8, 4) is 0 Å². The zero-order valence-electron chi connectivity index (χ0n) is 13.7. The number of benzene rings is 2. The molecule has 1 aliphatic heterocycles. The van der Waals surface area contributed by atoms with Crippen molar-refractivity contribution in [1.29, 1.82) is 0 Å². The highest BCUT2D eigenvalue weighted by molar-refractivity contribution is 8.00. The molecule has 5 heteroatoms. The molecule has 0 saturated carbocycles. The molecule has 0 radical (unpaired) electrons. The molecule has 0 aliphatic carbocycles. The number of thioether (sulfide) groups is 1. The molecule has 3 nitrogen and oxygen atoms in total. The van der Waals surface area contributed by atoms with Gasteiger partial charge in [0.05, 0.1) is 5.75 Å². The molecule has 2 aromatic rings. The van der Waals surface area contributed by atoms with Gasteiger partial charge in [-0.25, -0.2) is 4.39 Å². The number of hydrogen-bond donors (Lipinski definition) is 1. The molecule has 24 heavy (non-hydrogen) atoms. The number of amides is 1. The van der Waals surface area contributed by atoms with Gasteiger partial charge in [0.15, 0.2) is 0 Å². The van der Waals surface area contributed by atoms with E-state index in [1.54, 1.807) is 12.1 Å². The van der Waals surface area contributed by atoms with Crippen LogP contribution in [0.5, 0.6) is 0 Å². The van der Waals surface area contributed by atoms with Crippen LogP contribution in [0.3, 0.4) is 0 Å². The van der Waals surface area contributed by atoms with Gasteiger partial charge >= 0.3 is 0 Å². The summed E-state index contributed by atoms with van der Waals surface area (Å²) in [7, 11) is 0. The topological polar surface area (TPSA) is 32.3 Å². The van der Waals surface area contributed by atoms with Gasteiger partial charge in [-0.1, -0.05) is 6.92 Å². The maximum absolute atomic E-state index is 12.8. The van der Waals surface area contributed by atoms with Gasteiger partial charge in [0.25, 0.3) is 0 Å². The first-order valence-electron chi connectivity index (χ1n) is 8.13. The van der Waals surface area contributed by atoms with E-state index in [9.17, 15) is 9.18 Å². The van der Waals surface area contributed by atoms with Crippen LogP contribution in [-0.2, 0) is 4.79 Å². The van der Waals surface area contributed by atoms with E-state index in [-0.39, 0.29) is 11.7 Å². The lowest BCUT2D eigenvalue weighted by Gasteiger charge is -2.18. The molecule has 1 aliphatic rings. The number of nitrogens with one attached hydrogen (secondary N) is 1. The van der Waals surface area contributed by atoms with Crippen LogP contribution in [-0.4, -0.2) is 24.7 Å². The summed E-state index contributed by atoms with van der Waals surface area (Å²) in [6.07, 6.45) is 1.24. The van der Waals surface area contributed by atoms with Gasteiger partial charge in [-0.3, -0.25) is 4.79 Å². The van der Waals surface area contributed by atoms with E-state index in [0.29, 0.717) is 5.75 Å². The number of anilines is 2. The smallest absolute Gasteiger partial charge is 0.234 e. The summed E-state index contributed by atoms with van der Waals surface area (Å²) in [6, 6.07) is 14.2. The zero-order valence-corrected chi connectivity index (χ0v) is 14.5. The molecule has 3 rings (SSSR count). The molecule has 0 bridgehead atoms. The highest BCUT2D eigenvalue weighted by atomic mass is 32.2. The van der Waals surface area contributed by atoms with E-state index in [2.05, 4.69) is 29.3 Å². The van der Waals surface area contributed by atoms with E-state index in [1.165, 1.54) is 36.0 Å². The van der Waals surface area contributed by atoms with Gasteiger partial charge in [0.2, 0.25) is 5.91 Å². The molecule has 126 valence electrons. The molecule has 1 unspecified atom stereocenters. The lowest BCUT2D eigenvalue weighted by molar-refractivity contribution is -0.113. The van der Waals surface area contributed by atoms with Gasteiger partial charge in [0.1, 0.15) is 5.82 Å². The second kappa shape index (κ2) is 7.71. The lowest BCUT2D eigenvalue weighted by Crippen LogP contribution is -2.19. The number of carbonyl (C=O) groups excluding carboxylic acids is 1. The Morgan fingerprint density at radius 1 is 1.21 bits per heavy atom. The van der Waals surface area contributed by atoms with Crippen molar-refractivity contribution in [2.24, 2.45) is 5.92 Å². The fourth-order valence-electron chi connectivity index (χ4n) is 2.80. The third-order valence-electron chi connectivity index (χ3n) is 4.12. The molecule has 1 heterocycles. The second-order valence-corrected chi connectivity index (χ2v) is 7.23. The summed E-state index contributed by atoms with van der Waals surface area (Å²) in [5.74, 6) is 0.716. The monoisotopic (exact) mass is 344 g/mol. The van der Waals surface area contributed by atoms with Crippen LogP contribution in [0.4, 0.5) is 15.8 Å². The average Bonchev–Trinajstić information content (AvgIpc) is 3.01. The van der Waals surface area contributed by atoms with E-state index in [0.717, 1.165) is 29.6 Å². The van der Waals surface area contributed by atoms with E-state index >= 15 is 0 Å². The van der Waals surface area contributed by atoms with Crippen LogP contribution in [0.15, 0.2) is 53.4 Å².